The Kier molecular flexibility index (Phi) is 5.82. The van der Waals surface area contributed by atoms with Crippen molar-refractivity contribution in [1.29, 1.82) is 0 Å². The zero-order chi connectivity index (χ0) is 12.7. The Balaban J connectivity index is 2.43. The molecule has 17 heavy (non-hydrogen) atoms. The predicted octanol–water partition coefficient (Wildman–Crippen LogP) is 0.822. The summed E-state index contributed by atoms with van der Waals surface area (Å²) in [6, 6.07) is 0.920. The smallest absolute Gasteiger partial charge is 0.243 e. The zero-order valence-electron chi connectivity index (χ0n) is 9.52. The molecule has 0 saturated carbocycles. The second-order valence-electron chi connectivity index (χ2n) is 3.43. The number of anilines is 1. The highest BCUT2D eigenvalue weighted by Gasteiger charge is 2.14. The summed E-state index contributed by atoms with van der Waals surface area (Å²) in [5.74, 6) is -0.173. The van der Waals surface area contributed by atoms with Gasteiger partial charge >= 0.3 is 0 Å². The van der Waals surface area contributed by atoms with Gasteiger partial charge in [0.15, 0.2) is 0 Å². The highest BCUT2D eigenvalue weighted by Crippen LogP contribution is 2.06. The van der Waals surface area contributed by atoms with Gasteiger partial charge in [-0.05, 0) is 18.9 Å². The number of nitrogens with two attached hydrogens (primary N) is 1. The van der Waals surface area contributed by atoms with Gasteiger partial charge in [0.2, 0.25) is 11.9 Å². The van der Waals surface area contributed by atoms with Crippen LogP contribution in [0.25, 0.3) is 0 Å². The van der Waals surface area contributed by atoms with Gasteiger partial charge in [-0.1, -0.05) is 11.6 Å². The molecule has 3 N–H and O–H groups in total. The Morgan fingerprint density at radius 2 is 2.47 bits per heavy atom. The minimum absolute atomic E-state index is 0.157. The zero-order valence-corrected chi connectivity index (χ0v) is 10.3. The molecule has 1 aromatic heterocycles. The number of nitrogens with zero attached hydrogens (tertiary/aromatic N) is 2. The number of methoxy groups -OCH3 is 1. The average molecular weight is 259 g/mol. The van der Waals surface area contributed by atoms with E-state index in [1.807, 2.05) is 0 Å². The van der Waals surface area contributed by atoms with Crippen LogP contribution in [0.2, 0.25) is 5.15 Å². The average Bonchev–Trinajstić information content (AvgIpc) is 2.29. The molecule has 0 aliphatic rings. The molecule has 0 aliphatic heterocycles. The van der Waals surface area contributed by atoms with Crippen molar-refractivity contribution >= 4 is 23.5 Å². The summed E-state index contributed by atoms with van der Waals surface area (Å²) in [7, 11) is 1.60. The number of aromatic nitrogens is 2. The molecule has 6 nitrogen and oxygen atoms in total. The van der Waals surface area contributed by atoms with E-state index in [1.54, 1.807) is 7.11 Å². The third-order valence-corrected chi connectivity index (χ3v) is 2.27. The third-order valence-electron chi connectivity index (χ3n) is 2.06. The summed E-state index contributed by atoms with van der Waals surface area (Å²) in [5, 5.41) is 2.76. The molecule has 0 fully saturated rings. The van der Waals surface area contributed by atoms with Crippen LogP contribution < -0.4 is 11.1 Å². The molecule has 94 valence electrons. The van der Waals surface area contributed by atoms with Crippen molar-refractivity contribution in [2.45, 2.75) is 18.9 Å². The van der Waals surface area contributed by atoms with E-state index < -0.39 is 6.04 Å². The number of rotatable bonds is 6. The fourth-order valence-electron chi connectivity index (χ4n) is 1.18. The lowest BCUT2D eigenvalue weighted by atomic mass is 10.1. The Labute approximate surface area is 105 Å². The second-order valence-corrected chi connectivity index (χ2v) is 3.82. The van der Waals surface area contributed by atoms with Gasteiger partial charge in [-0.3, -0.25) is 10.1 Å². The molecule has 1 aromatic rings. The summed E-state index contributed by atoms with van der Waals surface area (Å²) >= 11 is 5.66. The van der Waals surface area contributed by atoms with Gasteiger partial charge in [-0.15, -0.1) is 0 Å². The number of ether oxygens (including phenoxy) is 1. The maximum atomic E-state index is 11.6. The minimum Gasteiger partial charge on any atom is -0.385 e. The number of nitrogens with one attached hydrogen (secondary N) is 1. The largest absolute Gasteiger partial charge is 0.385 e. The molecule has 1 amide bonds. The van der Waals surface area contributed by atoms with Crippen molar-refractivity contribution in [1.82, 2.24) is 9.97 Å². The van der Waals surface area contributed by atoms with Gasteiger partial charge in [0.1, 0.15) is 5.15 Å². The van der Waals surface area contributed by atoms with Crippen molar-refractivity contribution in [3.05, 3.63) is 17.4 Å². The standard InChI is InChI=1S/C10H15ClN4O2/c1-17-6-2-3-7(12)9(16)15-10-13-5-4-8(11)14-10/h4-5,7H,2-3,6,12H2,1H3,(H,13,14,15,16). The van der Waals surface area contributed by atoms with E-state index in [2.05, 4.69) is 15.3 Å². The lowest BCUT2D eigenvalue weighted by Gasteiger charge is -2.10. The summed E-state index contributed by atoms with van der Waals surface area (Å²) in [4.78, 5) is 19.3. The summed E-state index contributed by atoms with van der Waals surface area (Å²) in [6.45, 7) is 0.578. The number of hydrogen-bond acceptors (Lipinski definition) is 5. The van der Waals surface area contributed by atoms with Gasteiger partial charge in [0.05, 0.1) is 6.04 Å². The Morgan fingerprint density at radius 3 is 3.12 bits per heavy atom. The molecule has 1 rings (SSSR count). The van der Waals surface area contributed by atoms with Gasteiger partial charge < -0.3 is 10.5 Å². The van der Waals surface area contributed by atoms with E-state index in [0.717, 1.165) is 6.42 Å². The minimum atomic E-state index is -0.604. The highest BCUT2D eigenvalue weighted by molar-refractivity contribution is 6.29. The van der Waals surface area contributed by atoms with Crippen molar-refractivity contribution in [2.24, 2.45) is 5.73 Å². The molecule has 0 saturated heterocycles. The fourth-order valence-corrected chi connectivity index (χ4v) is 1.31. The fraction of sp³-hybridized carbons (Fsp3) is 0.500. The van der Waals surface area contributed by atoms with E-state index in [4.69, 9.17) is 22.1 Å². The number of amides is 1. The first-order chi connectivity index (χ1) is 8.13. The summed E-state index contributed by atoms with van der Waals surface area (Å²) in [6.07, 6.45) is 2.73. The molecule has 0 radical (unpaired) electrons. The van der Waals surface area contributed by atoms with Gasteiger partial charge in [-0.2, -0.15) is 0 Å². The van der Waals surface area contributed by atoms with Crippen LogP contribution in [0.4, 0.5) is 5.95 Å². The maximum absolute atomic E-state index is 11.6. The first kappa shape index (κ1) is 13.8. The van der Waals surface area contributed by atoms with Crippen LogP contribution in [-0.2, 0) is 9.53 Å². The quantitative estimate of drug-likeness (QED) is 0.582. The lowest BCUT2D eigenvalue weighted by Crippen LogP contribution is -2.36. The van der Waals surface area contributed by atoms with E-state index in [-0.39, 0.29) is 17.0 Å². The van der Waals surface area contributed by atoms with Crippen LogP contribution in [0, 0.1) is 0 Å². The maximum Gasteiger partial charge on any atom is 0.243 e. The van der Waals surface area contributed by atoms with Gasteiger partial charge in [-0.25, -0.2) is 9.97 Å². The number of halogens is 1. The van der Waals surface area contributed by atoms with Crippen molar-refractivity contribution in [3.8, 4) is 0 Å². The number of carbonyl (C=O) groups excluding carboxylic acids is 1. The molecule has 0 bridgehead atoms. The van der Waals surface area contributed by atoms with Crippen molar-refractivity contribution < 1.29 is 9.53 Å². The second kappa shape index (κ2) is 7.16. The molecule has 0 aromatic carbocycles. The van der Waals surface area contributed by atoms with Crippen LogP contribution in [0.3, 0.4) is 0 Å². The number of carbonyl (C=O) groups is 1. The molecule has 0 aliphatic carbocycles. The topological polar surface area (TPSA) is 90.1 Å². The van der Waals surface area contributed by atoms with Crippen LogP contribution in [-0.4, -0.2) is 35.6 Å². The molecule has 1 atom stereocenters. The molecule has 7 heteroatoms. The highest BCUT2D eigenvalue weighted by atomic mass is 35.5. The Morgan fingerprint density at radius 1 is 1.71 bits per heavy atom. The van der Waals surface area contributed by atoms with E-state index in [0.29, 0.717) is 13.0 Å². The van der Waals surface area contributed by atoms with Gasteiger partial charge in [0, 0.05) is 19.9 Å². The van der Waals surface area contributed by atoms with Crippen LogP contribution in [0.1, 0.15) is 12.8 Å². The predicted molar refractivity (Wildman–Crippen MR) is 64.8 cm³/mol. The third kappa shape index (κ3) is 5.08. The number of hydrogen-bond donors (Lipinski definition) is 2. The Hall–Kier alpha value is -1.24. The van der Waals surface area contributed by atoms with Crippen molar-refractivity contribution in [3.63, 3.8) is 0 Å². The SMILES string of the molecule is COCCCC(N)C(=O)Nc1nccc(Cl)n1. The summed E-state index contributed by atoms with van der Waals surface area (Å²) < 4.78 is 4.88. The van der Waals surface area contributed by atoms with Crippen molar-refractivity contribution in [2.75, 3.05) is 19.0 Å². The molecular formula is C10H15ClN4O2. The first-order valence-corrected chi connectivity index (χ1v) is 5.55. The molecule has 1 heterocycles. The molecule has 0 spiro atoms. The van der Waals surface area contributed by atoms with Crippen LogP contribution in [0.15, 0.2) is 12.3 Å². The molecule has 1 unspecified atom stereocenters. The monoisotopic (exact) mass is 258 g/mol. The lowest BCUT2D eigenvalue weighted by molar-refractivity contribution is -0.117. The normalized spacial score (nSPS) is 12.2. The van der Waals surface area contributed by atoms with E-state index in [9.17, 15) is 4.79 Å². The van der Waals surface area contributed by atoms with Crippen LogP contribution >= 0.6 is 11.6 Å². The van der Waals surface area contributed by atoms with E-state index in [1.165, 1.54) is 12.3 Å². The first-order valence-electron chi connectivity index (χ1n) is 5.17. The van der Waals surface area contributed by atoms with Gasteiger partial charge in [0.25, 0.3) is 0 Å². The summed E-state index contributed by atoms with van der Waals surface area (Å²) in [5.41, 5.74) is 5.69. The molecular weight excluding hydrogens is 244 g/mol. The van der Waals surface area contributed by atoms with Crippen LogP contribution in [0.5, 0.6) is 0 Å². The van der Waals surface area contributed by atoms with E-state index >= 15 is 0 Å². The Bertz CT molecular complexity index is 375.